The number of primary amides is 1. The van der Waals surface area contributed by atoms with Crippen molar-refractivity contribution in [3.05, 3.63) is 29.3 Å². The van der Waals surface area contributed by atoms with E-state index in [0.29, 0.717) is 24.1 Å². The zero-order valence-electron chi connectivity index (χ0n) is 21.1. The number of ether oxygens (including phenoxy) is 1. The van der Waals surface area contributed by atoms with Gasteiger partial charge in [0.15, 0.2) is 0 Å². The van der Waals surface area contributed by atoms with E-state index in [1.807, 2.05) is 6.92 Å². The van der Waals surface area contributed by atoms with Gasteiger partial charge in [-0.15, -0.1) is 0 Å². The van der Waals surface area contributed by atoms with Crippen molar-refractivity contribution in [3.8, 4) is 5.75 Å². The van der Waals surface area contributed by atoms with Crippen molar-refractivity contribution in [1.29, 1.82) is 0 Å². The van der Waals surface area contributed by atoms with E-state index in [9.17, 15) is 29.4 Å². The molecule has 11 heteroatoms. The van der Waals surface area contributed by atoms with Crippen LogP contribution in [0.15, 0.2) is 18.2 Å². The fourth-order valence-electron chi connectivity index (χ4n) is 3.33. The van der Waals surface area contributed by atoms with Gasteiger partial charge in [-0.05, 0) is 57.4 Å². The largest absolute Gasteiger partial charge is 0.508 e. The van der Waals surface area contributed by atoms with Crippen LogP contribution in [0.25, 0.3) is 0 Å². The number of nitrogens with two attached hydrogens (primary N) is 1. The van der Waals surface area contributed by atoms with Crippen molar-refractivity contribution in [3.63, 3.8) is 0 Å². The second-order valence-corrected chi connectivity index (χ2v) is 9.22. The number of carbonyl (C=O) groups is 4. The summed E-state index contributed by atoms with van der Waals surface area (Å²) in [6, 6.07) is 1.81. The van der Waals surface area contributed by atoms with Gasteiger partial charge in [0.2, 0.25) is 17.7 Å². The summed E-state index contributed by atoms with van der Waals surface area (Å²) >= 11 is 0. The van der Waals surface area contributed by atoms with Crippen molar-refractivity contribution in [2.24, 2.45) is 5.73 Å². The molecule has 2 atom stereocenters. The summed E-state index contributed by atoms with van der Waals surface area (Å²) in [5.74, 6) is -2.16. The predicted octanol–water partition coefficient (Wildman–Crippen LogP) is 1.25. The highest BCUT2D eigenvalue weighted by atomic mass is 16.6. The van der Waals surface area contributed by atoms with E-state index in [-0.39, 0.29) is 12.3 Å². The third kappa shape index (κ3) is 9.81. The third-order valence-corrected chi connectivity index (χ3v) is 4.94. The monoisotopic (exact) mass is 494 g/mol. The molecule has 0 radical (unpaired) electrons. The van der Waals surface area contributed by atoms with Crippen molar-refractivity contribution >= 4 is 23.8 Å². The molecule has 0 fully saturated rings. The Morgan fingerprint density at radius 1 is 1.20 bits per heavy atom. The molecule has 1 rings (SSSR count). The molecule has 0 heterocycles. The molecule has 0 aliphatic rings. The van der Waals surface area contributed by atoms with Crippen LogP contribution in [0.3, 0.4) is 0 Å². The number of hydrogen-bond acceptors (Lipinski definition) is 7. The lowest BCUT2D eigenvalue weighted by Gasteiger charge is -2.34. The van der Waals surface area contributed by atoms with Crippen LogP contribution < -0.4 is 16.4 Å². The third-order valence-electron chi connectivity index (χ3n) is 4.94. The highest BCUT2D eigenvalue weighted by molar-refractivity contribution is 5.94. The van der Waals surface area contributed by atoms with E-state index in [4.69, 9.17) is 10.5 Å². The van der Waals surface area contributed by atoms with Gasteiger partial charge in [0.05, 0.1) is 13.0 Å². The molecule has 4 amide bonds. The van der Waals surface area contributed by atoms with E-state index in [1.165, 1.54) is 12.1 Å². The quantitative estimate of drug-likeness (QED) is 0.272. The molecule has 1 aromatic carbocycles. The summed E-state index contributed by atoms with van der Waals surface area (Å²) in [7, 11) is 0. The van der Waals surface area contributed by atoms with E-state index in [1.54, 1.807) is 33.8 Å². The van der Waals surface area contributed by atoms with Crippen molar-refractivity contribution in [2.45, 2.75) is 71.6 Å². The van der Waals surface area contributed by atoms with Crippen LogP contribution in [-0.4, -0.2) is 70.3 Å². The van der Waals surface area contributed by atoms with Crippen molar-refractivity contribution in [2.75, 3.05) is 19.7 Å². The number of rotatable bonds is 12. The number of nitrogens with one attached hydrogen (secondary N) is 2. The minimum atomic E-state index is -1.43. The summed E-state index contributed by atoms with van der Waals surface area (Å²) in [6.07, 6.45) is 0.0679. The van der Waals surface area contributed by atoms with Crippen LogP contribution in [0.4, 0.5) is 4.79 Å². The molecule has 0 aliphatic carbocycles. The number of unbranched alkanes of at least 4 members (excludes halogenated alkanes) is 1. The standard InChI is InChI=1S/C24H38N4O7/c1-6-7-10-26-21(32)20(16-8-9-18(30)15(2)13-16)28(11-12-29)22(33)17(14-19(25)31)27-23(34)35-24(3,4)5/h8-9,13,17,20,29-30H,6-7,10-12,14H2,1-5H3,(H2,25,31)(H,26,32)(H,27,34). The first kappa shape index (κ1) is 29.7. The van der Waals surface area contributed by atoms with Crippen molar-refractivity contribution in [1.82, 2.24) is 15.5 Å². The molecule has 6 N–H and O–H groups in total. The summed E-state index contributed by atoms with van der Waals surface area (Å²) in [4.78, 5) is 51.9. The molecule has 2 unspecified atom stereocenters. The minimum Gasteiger partial charge on any atom is -0.508 e. The Morgan fingerprint density at radius 2 is 1.86 bits per heavy atom. The fraction of sp³-hybridized carbons (Fsp3) is 0.583. The van der Waals surface area contributed by atoms with Gasteiger partial charge in [0.25, 0.3) is 0 Å². The summed E-state index contributed by atoms with van der Waals surface area (Å²) in [5.41, 5.74) is 5.31. The number of aryl methyl sites for hydroxylation is 1. The lowest BCUT2D eigenvalue weighted by atomic mass is 9.99. The highest BCUT2D eigenvalue weighted by Crippen LogP contribution is 2.27. The van der Waals surface area contributed by atoms with Crippen LogP contribution in [0.5, 0.6) is 5.75 Å². The lowest BCUT2D eigenvalue weighted by molar-refractivity contribution is -0.143. The molecular weight excluding hydrogens is 456 g/mol. The van der Waals surface area contributed by atoms with Crippen LogP contribution in [0.1, 0.15) is 64.1 Å². The van der Waals surface area contributed by atoms with Crippen LogP contribution >= 0.6 is 0 Å². The van der Waals surface area contributed by atoms with E-state index in [2.05, 4.69) is 10.6 Å². The van der Waals surface area contributed by atoms with Gasteiger partial charge in [-0.25, -0.2) is 4.79 Å². The molecule has 11 nitrogen and oxygen atoms in total. The Hall–Kier alpha value is -3.34. The molecule has 196 valence electrons. The molecule has 0 saturated carbocycles. The average molecular weight is 495 g/mol. The maximum Gasteiger partial charge on any atom is 0.408 e. The molecule has 1 aromatic rings. The number of amides is 4. The Bertz CT molecular complexity index is 898. The Morgan fingerprint density at radius 3 is 2.37 bits per heavy atom. The maximum absolute atomic E-state index is 13.6. The highest BCUT2D eigenvalue weighted by Gasteiger charge is 2.36. The summed E-state index contributed by atoms with van der Waals surface area (Å²) in [5, 5.41) is 24.8. The van der Waals surface area contributed by atoms with Gasteiger partial charge in [0, 0.05) is 13.1 Å². The molecule has 0 aromatic heterocycles. The smallest absolute Gasteiger partial charge is 0.408 e. The van der Waals surface area contributed by atoms with Gasteiger partial charge in [-0.2, -0.15) is 0 Å². The number of benzene rings is 1. The van der Waals surface area contributed by atoms with Crippen LogP contribution in [-0.2, 0) is 19.1 Å². The number of phenols is 1. The Balaban J connectivity index is 3.43. The summed E-state index contributed by atoms with van der Waals surface area (Å²) < 4.78 is 5.20. The molecule has 0 bridgehead atoms. The number of nitrogens with zero attached hydrogens (tertiary/aromatic N) is 1. The Kier molecular flexibility index (Phi) is 11.5. The van der Waals surface area contributed by atoms with Gasteiger partial charge in [-0.1, -0.05) is 19.4 Å². The molecule has 35 heavy (non-hydrogen) atoms. The molecular formula is C24H38N4O7. The SMILES string of the molecule is CCCCNC(=O)C(c1ccc(O)c(C)c1)N(CCO)C(=O)C(CC(N)=O)NC(=O)OC(C)(C)C. The topological polar surface area (TPSA) is 171 Å². The predicted molar refractivity (Wildman–Crippen MR) is 129 cm³/mol. The zero-order chi connectivity index (χ0) is 26.8. The molecule has 0 spiro atoms. The van der Waals surface area contributed by atoms with Crippen molar-refractivity contribution < 1.29 is 34.1 Å². The van der Waals surface area contributed by atoms with Crippen LogP contribution in [0.2, 0.25) is 0 Å². The lowest BCUT2D eigenvalue weighted by Crippen LogP contribution is -2.54. The number of carbonyl (C=O) groups excluding carboxylic acids is 4. The van der Waals surface area contributed by atoms with Gasteiger partial charge >= 0.3 is 6.09 Å². The minimum absolute atomic E-state index is 0.0112. The number of hydrogen-bond donors (Lipinski definition) is 5. The van der Waals surface area contributed by atoms with Gasteiger partial charge in [0.1, 0.15) is 23.4 Å². The molecule has 0 aliphatic heterocycles. The van der Waals surface area contributed by atoms with E-state index >= 15 is 0 Å². The van der Waals surface area contributed by atoms with Gasteiger partial charge < -0.3 is 36.2 Å². The maximum atomic E-state index is 13.6. The number of aromatic hydroxyl groups is 1. The summed E-state index contributed by atoms with van der Waals surface area (Å²) in [6.45, 7) is 8.13. The fourth-order valence-corrected chi connectivity index (χ4v) is 3.33. The number of aliphatic hydroxyl groups is 1. The Labute approximate surface area is 206 Å². The van der Waals surface area contributed by atoms with E-state index < -0.39 is 54.5 Å². The number of alkyl carbamates (subject to hydrolysis) is 1. The molecule has 0 saturated heterocycles. The van der Waals surface area contributed by atoms with E-state index in [0.717, 1.165) is 11.3 Å². The van der Waals surface area contributed by atoms with Gasteiger partial charge in [-0.3, -0.25) is 14.4 Å². The normalized spacial score (nSPS) is 12.9. The number of aliphatic hydroxyl groups excluding tert-OH is 1. The number of phenolic OH excluding ortho intramolecular Hbond substituents is 1. The zero-order valence-corrected chi connectivity index (χ0v) is 21.1. The second-order valence-electron chi connectivity index (χ2n) is 9.22. The average Bonchev–Trinajstić information content (AvgIpc) is 2.73. The first-order valence-corrected chi connectivity index (χ1v) is 11.6. The first-order valence-electron chi connectivity index (χ1n) is 11.6. The second kappa shape index (κ2) is 13.5. The first-order chi connectivity index (χ1) is 16.3. The van der Waals surface area contributed by atoms with Crippen LogP contribution in [0, 0.1) is 6.92 Å².